The molecule has 0 saturated carbocycles. The van der Waals surface area contributed by atoms with Crippen LogP contribution in [0.4, 0.5) is 0 Å². The Morgan fingerprint density at radius 2 is 2.17 bits per heavy atom. The second kappa shape index (κ2) is 7.34. The van der Waals surface area contributed by atoms with Crippen molar-refractivity contribution in [3.05, 3.63) is 61.2 Å². The van der Waals surface area contributed by atoms with Gasteiger partial charge in [-0.2, -0.15) is 0 Å². The molecule has 0 fully saturated rings. The molecule has 0 spiro atoms. The van der Waals surface area contributed by atoms with E-state index in [-0.39, 0.29) is 18.0 Å². The molecule has 8 heteroatoms. The van der Waals surface area contributed by atoms with Crippen molar-refractivity contribution in [3.63, 3.8) is 0 Å². The van der Waals surface area contributed by atoms with Crippen molar-refractivity contribution in [2.24, 2.45) is 0 Å². The van der Waals surface area contributed by atoms with E-state index in [4.69, 9.17) is 23.2 Å². The first-order chi connectivity index (χ1) is 11.5. The van der Waals surface area contributed by atoms with Gasteiger partial charge in [0.2, 0.25) is 5.91 Å². The van der Waals surface area contributed by atoms with E-state index in [0.29, 0.717) is 27.5 Å². The molecule has 1 amide bonds. The Balaban J connectivity index is 1.71. The summed E-state index contributed by atoms with van der Waals surface area (Å²) >= 11 is 13.6. The lowest BCUT2D eigenvalue weighted by atomic mass is 10.2. The molecule has 0 saturated heterocycles. The highest BCUT2D eigenvalue weighted by Crippen LogP contribution is 2.23. The summed E-state index contributed by atoms with van der Waals surface area (Å²) in [5.41, 5.74) is 0.0261. The average Bonchev–Trinajstić information content (AvgIpc) is 3.04. The van der Waals surface area contributed by atoms with Gasteiger partial charge in [-0.05, 0) is 30.0 Å². The molecule has 1 aromatic carbocycles. The second-order valence-electron chi connectivity index (χ2n) is 5.14. The van der Waals surface area contributed by atoms with E-state index in [1.54, 1.807) is 11.3 Å². The summed E-state index contributed by atoms with van der Waals surface area (Å²) in [5, 5.41) is 5.74. The standard InChI is InChI=1S/C16H13Cl2N3O2S/c17-10-6-12-15(13(18)7-10)20-9-21(16(12)23)8-14(22)19-4-3-11-2-1-5-24-11/h1-2,5-7,9H,3-4,8H2,(H,19,22). The maximum Gasteiger partial charge on any atom is 0.261 e. The van der Waals surface area contributed by atoms with Crippen LogP contribution in [0.1, 0.15) is 4.88 Å². The summed E-state index contributed by atoms with van der Waals surface area (Å²) in [6.07, 6.45) is 2.09. The normalized spacial score (nSPS) is 10.9. The first kappa shape index (κ1) is 17.0. The minimum Gasteiger partial charge on any atom is -0.354 e. The number of halogens is 2. The van der Waals surface area contributed by atoms with Crippen molar-refractivity contribution in [1.82, 2.24) is 14.9 Å². The monoisotopic (exact) mass is 381 g/mol. The Morgan fingerprint density at radius 3 is 2.92 bits per heavy atom. The maximum absolute atomic E-state index is 12.5. The van der Waals surface area contributed by atoms with Crippen molar-refractivity contribution in [3.8, 4) is 0 Å². The summed E-state index contributed by atoms with van der Waals surface area (Å²) < 4.78 is 1.25. The van der Waals surface area contributed by atoms with Crippen LogP contribution in [-0.2, 0) is 17.8 Å². The highest BCUT2D eigenvalue weighted by molar-refractivity contribution is 7.09. The Morgan fingerprint density at radius 1 is 1.33 bits per heavy atom. The van der Waals surface area contributed by atoms with Gasteiger partial charge >= 0.3 is 0 Å². The zero-order valence-corrected chi connectivity index (χ0v) is 14.8. The molecule has 5 nitrogen and oxygen atoms in total. The third-order valence-corrected chi connectivity index (χ3v) is 4.88. The number of benzene rings is 1. The molecule has 3 aromatic rings. The van der Waals surface area contributed by atoms with E-state index in [0.717, 1.165) is 6.42 Å². The van der Waals surface area contributed by atoms with Crippen LogP contribution < -0.4 is 10.9 Å². The SMILES string of the molecule is O=C(Cn1cnc2c(Cl)cc(Cl)cc2c1=O)NCCc1cccs1. The Labute approximate surface area is 151 Å². The lowest BCUT2D eigenvalue weighted by molar-refractivity contribution is -0.121. The molecule has 2 aromatic heterocycles. The van der Waals surface area contributed by atoms with Gasteiger partial charge in [0.25, 0.3) is 5.56 Å². The van der Waals surface area contributed by atoms with Crippen molar-refractivity contribution < 1.29 is 4.79 Å². The van der Waals surface area contributed by atoms with Crippen molar-refractivity contribution >= 4 is 51.3 Å². The van der Waals surface area contributed by atoms with E-state index >= 15 is 0 Å². The van der Waals surface area contributed by atoms with Crippen LogP contribution in [0.2, 0.25) is 10.0 Å². The highest BCUT2D eigenvalue weighted by Gasteiger charge is 2.11. The van der Waals surface area contributed by atoms with Crippen LogP contribution in [0, 0.1) is 0 Å². The predicted molar refractivity (Wildman–Crippen MR) is 97.1 cm³/mol. The van der Waals surface area contributed by atoms with Gasteiger partial charge in [-0.15, -0.1) is 11.3 Å². The third-order valence-electron chi connectivity index (χ3n) is 3.43. The summed E-state index contributed by atoms with van der Waals surface area (Å²) in [4.78, 5) is 29.8. The number of fused-ring (bicyclic) bond motifs is 1. The Bertz CT molecular complexity index is 938. The number of aromatic nitrogens is 2. The fourth-order valence-corrected chi connectivity index (χ4v) is 3.55. The summed E-state index contributed by atoms with van der Waals surface area (Å²) in [7, 11) is 0. The lowest BCUT2D eigenvalue weighted by Gasteiger charge is -2.08. The molecule has 0 aliphatic carbocycles. The zero-order chi connectivity index (χ0) is 17.1. The van der Waals surface area contributed by atoms with Crippen LogP contribution in [0.5, 0.6) is 0 Å². The maximum atomic E-state index is 12.5. The largest absolute Gasteiger partial charge is 0.354 e. The number of hydrogen-bond donors (Lipinski definition) is 1. The first-order valence-corrected chi connectivity index (χ1v) is 8.81. The number of hydrogen-bond acceptors (Lipinski definition) is 4. The molecule has 0 aliphatic rings. The van der Waals surface area contributed by atoms with Gasteiger partial charge in [-0.1, -0.05) is 29.3 Å². The van der Waals surface area contributed by atoms with Gasteiger partial charge in [0.05, 0.1) is 22.3 Å². The average molecular weight is 382 g/mol. The second-order valence-corrected chi connectivity index (χ2v) is 7.02. The van der Waals surface area contributed by atoms with E-state index in [1.165, 1.54) is 27.9 Å². The number of carbonyl (C=O) groups excluding carboxylic acids is 1. The first-order valence-electron chi connectivity index (χ1n) is 7.18. The molecule has 0 atom stereocenters. The number of thiophene rings is 1. The van der Waals surface area contributed by atoms with Crippen molar-refractivity contribution in [2.75, 3.05) is 6.54 Å². The van der Waals surface area contributed by atoms with Gasteiger partial charge in [-0.25, -0.2) is 4.98 Å². The topological polar surface area (TPSA) is 64.0 Å². The summed E-state index contributed by atoms with van der Waals surface area (Å²) in [6, 6.07) is 7.02. The lowest BCUT2D eigenvalue weighted by Crippen LogP contribution is -2.33. The van der Waals surface area contributed by atoms with Gasteiger partial charge in [0.1, 0.15) is 6.54 Å². The van der Waals surface area contributed by atoms with Crippen LogP contribution in [0.3, 0.4) is 0 Å². The van der Waals surface area contributed by atoms with Crippen LogP contribution in [0.15, 0.2) is 40.8 Å². The van der Waals surface area contributed by atoms with Crippen molar-refractivity contribution in [1.29, 1.82) is 0 Å². The van der Waals surface area contributed by atoms with Gasteiger partial charge in [-0.3, -0.25) is 14.2 Å². The molecule has 0 unspecified atom stereocenters. The van der Waals surface area contributed by atoms with E-state index in [1.807, 2.05) is 17.5 Å². The molecule has 0 aliphatic heterocycles. The van der Waals surface area contributed by atoms with Crippen LogP contribution in [-0.4, -0.2) is 22.0 Å². The molecular formula is C16H13Cl2N3O2S. The number of nitrogens with one attached hydrogen (secondary N) is 1. The minimum absolute atomic E-state index is 0.101. The minimum atomic E-state index is -0.349. The summed E-state index contributed by atoms with van der Waals surface area (Å²) in [5.74, 6) is -0.247. The Hall–Kier alpha value is -1.89. The Kier molecular flexibility index (Phi) is 5.18. The molecule has 2 heterocycles. The third kappa shape index (κ3) is 3.77. The van der Waals surface area contributed by atoms with E-state index < -0.39 is 0 Å². The predicted octanol–water partition coefficient (Wildman–Crippen LogP) is 3.12. The van der Waals surface area contributed by atoms with Gasteiger partial charge < -0.3 is 5.32 Å². The molecule has 124 valence electrons. The number of rotatable bonds is 5. The smallest absolute Gasteiger partial charge is 0.261 e. The fourth-order valence-electron chi connectivity index (χ4n) is 2.30. The highest BCUT2D eigenvalue weighted by atomic mass is 35.5. The molecule has 0 radical (unpaired) electrons. The molecular weight excluding hydrogens is 369 g/mol. The van der Waals surface area contributed by atoms with E-state index in [9.17, 15) is 9.59 Å². The van der Waals surface area contributed by atoms with Gasteiger partial charge in [0, 0.05) is 16.4 Å². The molecule has 24 heavy (non-hydrogen) atoms. The number of nitrogens with zero attached hydrogens (tertiary/aromatic N) is 2. The molecule has 1 N–H and O–H groups in total. The van der Waals surface area contributed by atoms with E-state index in [2.05, 4.69) is 10.3 Å². The fraction of sp³-hybridized carbons (Fsp3) is 0.188. The molecule has 3 rings (SSSR count). The van der Waals surface area contributed by atoms with Crippen LogP contribution in [0.25, 0.3) is 10.9 Å². The van der Waals surface area contributed by atoms with Gasteiger partial charge in [0.15, 0.2) is 0 Å². The molecule has 0 bridgehead atoms. The number of amides is 1. The van der Waals surface area contributed by atoms with Crippen molar-refractivity contribution in [2.45, 2.75) is 13.0 Å². The number of carbonyl (C=O) groups is 1. The zero-order valence-electron chi connectivity index (χ0n) is 12.5. The quantitative estimate of drug-likeness (QED) is 0.738. The van der Waals surface area contributed by atoms with Crippen LogP contribution >= 0.6 is 34.5 Å². The summed E-state index contributed by atoms with van der Waals surface area (Å²) in [6.45, 7) is 0.420.